The summed E-state index contributed by atoms with van der Waals surface area (Å²) in [7, 11) is 0. The van der Waals surface area contributed by atoms with Gasteiger partial charge in [0, 0.05) is 4.47 Å². The summed E-state index contributed by atoms with van der Waals surface area (Å²) in [6, 6.07) is 5.45. The molecule has 1 N–H and O–H groups in total. The second-order valence-corrected chi connectivity index (χ2v) is 3.04. The minimum atomic E-state index is 0.380. The molecule has 0 spiro atoms. The van der Waals surface area contributed by atoms with Crippen molar-refractivity contribution in [3.63, 3.8) is 0 Å². The zero-order valence-corrected chi connectivity index (χ0v) is 8.47. The van der Waals surface area contributed by atoms with Crippen LogP contribution in [0.2, 0.25) is 0 Å². The number of phenolic OH excluding ortho intramolecular Hbond substituents is 1. The zero-order valence-electron chi connectivity index (χ0n) is 6.88. The van der Waals surface area contributed by atoms with Gasteiger partial charge in [-0.2, -0.15) is 0 Å². The van der Waals surface area contributed by atoms with E-state index in [0.717, 1.165) is 16.5 Å². The van der Waals surface area contributed by atoms with E-state index in [2.05, 4.69) is 15.9 Å². The quantitative estimate of drug-likeness (QED) is 0.806. The molecule has 0 aliphatic rings. The van der Waals surface area contributed by atoms with Crippen LogP contribution in [-0.4, -0.2) is 11.9 Å². The first-order valence-corrected chi connectivity index (χ1v) is 4.29. The Kier molecular flexibility index (Phi) is 5.37. The predicted octanol–water partition coefficient (Wildman–Crippen LogP) is 2.53. The van der Waals surface area contributed by atoms with Crippen molar-refractivity contribution in [2.45, 2.75) is 13.3 Å². The van der Waals surface area contributed by atoms with Crippen LogP contribution < -0.4 is 0 Å². The standard InChI is InChI=1S/C8H9BrO.CH2O/c1-2-6-5-7(9)3-4-8(6)10;1-2/h3-5,10H,2H2,1H3;1H2. The summed E-state index contributed by atoms with van der Waals surface area (Å²) < 4.78 is 1.02. The lowest BCUT2D eigenvalue weighted by atomic mass is 10.1. The van der Waals surface area contributed by atoms with Crippen LogP contribution >= 0.6 is 15.9 Å². The third kappa shape index (κ3) is 3.05. The number of carbonyl (C=O) groups excluding carboxylic acids is 1. The molecule has 0 saturated heterocycles. The summed E-state index contributed by atoms with van der Waals surface area (Å²) in [6.07, 6.45) is 0.866. The minimum Gasteiger partial charge on any atom is -0.508 e. The van der Waals surface area contributed by atoms with Crippen molar-refractivity contribution in [2.75, 3.05) is 0 Å². The summed E-state index contributed by atoms with van der Waals surface area (Å²) in [5, 5.41) is 9.21. The Hall–Kier alpha value is -0.830. The van der Waals surface area contributed by atoms with Gasteiger partial charge >= 0.3 is 0 Å². The van der Waals surface area contributed by atoms with Gasteiger partial charge in [-0.3, -0.25) is 0 Å². The van der Waals surface area contributed by atoms with Gasteiger partial charge in [-0.1, -0.05) is 22.9 Å². The summed E-state index contributed by atoms with van der Waals surface area (Å²) in [5.74, 6) is 0.380. The Bertz CT molecular complexity index is 248. The summed E-state index contributed by atoms with van der Waals surface area (Å²) in [6.45, 7) is 4.02. The fourth-order valence-electron chi connectivity index (χ4n) is 0.837. The normalized spacial score (nSPS) is 8.50. The van der Waals surface area contributed by atoms with Crippen LogP contribution in [0.1, 0.15) is 12.5 Å². The molecule has 0 unspecified atom stereocenters. The number of rotatable bonds is 1. The first-order chi connectivity index (χ1) is 5.74. The van der Waals surface area contributed by atoms with Crippen LogP contribution in [0.3, 0.4) is 0 Å². The van der Waals surface area contributed by atoms with Crippen LogP contribution in [0, 0.1) is 0 Å². The highest BCUT2D eigenvalue weighted by Gasteiger charge is 1.97. The fourth-order valence-corrected chi connectivity index (χ4v) is 1.25. The van der Waals surface area contributed by atoms with E-state index in [9.17, 15) is 5.11 Å². The van der Waals surface area contributed by atoms with E-state index in [0.29, 0.717) is 5.75 Å². The molecule has 66 valence electrons. The van der Waals surface area contributed by atoms with Gasteiger partial charge < -0.3 is 9.90 Å². The lowest BCUT2D eigenvalue weighted by Crippen LogP contribution is -1.79. The Labute approximate surface area is 80.4 Å². The number of aromatic hydroxyl groups is 1. The maximum atomic E-state index is 9.21. The highest BCUT2D eigenvalue weighted by molar-refractivity contribution is 9.10. The lowest BCUT2D eigenvalue weighted by Gasteiger charge is -1.99. The maximum Gasteiger partial charge on any atom is 0.118 e. The molecule has 0 amide bonds. The molecule has 2 nitrogen and oxygen atoms in total. The molecule has 0 fully saturated rings. The van der Waals surface area contributed by atoms with Crippen LogP contribution in [0.15, 0.2) is 22.7 Å². The Morgan fingerprint density at radius 2 is 2.08 bits per heavy atom. The number of benzene rings is 1. The highest BCUT2D eigenvalue weighted by atomic mass is 79.9. The molecular weight excluding hydrogens is 220 g/mol. The molecule has 3 heteroatoms. The third-order valence-corrected chi connectivity index (χ3v) is 1.92. The van der Waals surface area contributed by atoms with Gasteiger partial charge in [0.15, 0.2) is 0 Å². The first-order valence-electron chi connectivity index (χ1n) is 3.50. The van der Waals surface area contributed by atoms with Crippen LogP contribution in [0.5, 0.6) is 5.75 Å². The van der Waals surface area contributed by atoms with Gasteiger partial charge in [0.1, 0.15) is 12.5 Å². The van der Waals surface area contributed by atoms with Crippen molar-refractivity contribution >= 4 is 22.7 Å². The van der Waals surface area contributed by atoms with Gasteiger partial charge in [0.05, 0.1) is 0 Å². The molecular formula is C9H11BrO2. The van der Waals surface area contributed by atoms with Crippen molar-refractivity contribution in [1.82, 2.24) is 0 Å². The molecule has 0 aliphatic heterocycles. The van der Waals surface area contributed by atoms with Gasteiger partial charge in [0.2, 0.25) is 0 Å². The van der Waals surface area contributed by atoms with E-state index in [1.165, 1.54) is 0 Å². The number of phenols is 1. The predicted molar refractivity (Wildman–Crippen MR) is 52.3 cm³/mol. The molecule has 0 saturated carbocycles. The van der Waals surface area contributed by atoms with E-state index in [-0.39, 0.29) is 0 Å². The molecule has 0 bridgehead atoms. The van der Waals surface area contributed by atoms with Crippen molar-refractivity contribution in [1.29, 1.82) is 0 Å². The monoisotopic (exact) mass is 230 g/mol. The number of carbonyl (C=O) groups is 1. The molecule has 0 atom stereocenters. The zero-order chi connectivity index (χ0) is 9.56. The lowest BCUT2D eigenvalue weighted by molar-refractivity contribution is -0.0979. The van der Waals surface area contributed by atoms with Crippen LogP contribution in [0.25, 0.3) is 0 Å². The van der Waals surface area contributed by atoms with Crippen molar-refractivity contribution < 1.29 is 9.90 Å². The number of hydrogen-bond acceptors (Lipinski definition) is 2. The largest absolute Gasteiger partial charge is 0.508 e. The Morgan fingerprint density at radius 1 is 1.50 bits per heavy atom. The number of halogens is 1. The van der Waals surface area contributed by atoms with Gasteiger partial charge in [-0.05, 0) is 30.2 Å². The molecule has 0 radical (unpaired) electrons. The van der Waals surface area contributed by atoms with Crippen LogP contribution in [0.4, 0.5) is 0 Å². The van der Waals surface area contributed by atoms with Crippen molar-refractivity contribution in [3.05, 3.63) is 28.2 Å². The Morgan fingerprint density at radius 3 is 2.50 bits per heavy atom. The van der Waals surface area contributed by atoms with E-state index < -0.39 is 0 Å². The van der Waals surface area contributed by atoms with E-state index in [1.54, 1.807) is 6.07 Å². The van der Waals surface area contributed by atoms with Gasteiger partial charge in [-0.25, -0.2) is 0 Å². The van der Waals surface area contributed by atoms with Gasteiger partial charge in [-0.15, -0.1) is 0 Å². The molecule has 1 aromatic carbocycles. The molecule has 12 heavy (non-hydrogen) atoms. The fraction of sp³-hybridized carbons (Fsp3) is 0.222. The SMILES string of the molecule is C=O.CCc1cc(Br)ccc1O. The number of hydrogen-bond donors (Lipinski definition) is 1. The van der Waals surface area contributed by atoms with E-state index >= 15 is 0 Å². The van der Waals surface area contributed by atoms with E-state index in [4.69, 9.17) is 4.79 Å². The second-order valence-electron chi connectivity index (χ2n) is 2.13. The second kappa shape index (κ2) is 5.77. The average molecular weight is 231 g/mol. The average Bonchev–Trinajstić information content (AvgIpc) is 2.13. The molecule has 0 aromatic heterocycles. The van der Waals surface area contributed by atoms with Gasteiger partial charge in [0.25, 0.3) is 0 Å². The maximum absolute atomic E-state index is 9.21. The number of aryl methyl sites for hydroxylation is 1. The summed E-state index contributed by atoms with van der Waals surface area (Å²) >= 11 is 3.33. The smallest absolute Gasteiger partial charge is 0.118 e. The molecule has 1 aromatic rings. The molecule has 1 rings (SSSR count). The topological polar surface area (TPSA) is 37.3 Å². The molecule has 0 aliphatic carbocycles. The first kappa shape index (κ1) is 11.2. The Balaban J connectivity index is 0.000000561. The van der Waals surface area contributed by atoms with Crippen molar-refractivity contribution in [3.8, 4) is 5.75 Å². The highest BCUT2D eigenvalue weighted by Crippen LogP contribution is 2.21. The summed E-state index contributed by atoms with van der Waals surface area (Å²) in [5.41, 5.74) is 0.981. The van der Waals surface area contributed by atoms with Crippen molar-refractivity contribution in [2.24, 2.45) is 0 Å². The minimum absolute atomic E-state index is 0.380. The summed E-state index contributed by atoms with van der Waals surface area (Å²) in [4.78, 5) is 8.00. The van der Waals surface area contributed by atoms with E-state index in [1.807, 2.05) is 25.8 Å². The third-order valence-electron chi connectivity index (χ3n) is 1.42. The molecule has 0 heterocycles. The van der Waals surface area contributed by atoms with Crippen LogP contribution in [-0.2, 0) is 11.2 Å².